The van der Waals surface area contributed by atoms with Crippen LogP contribution in [0.1, 0.15) is 37.5 Å². The molecule has 1 aromatic carbocycles. The van der Waals surface area contributed by atoms with Crippen LogP contribution in [0.4, 0.5) is 0 Å². The summed E-state index contributed by atoms with van der Waals surface area (Å²) in [5.74, 6) is 0.0775. The van der Waals surface area contributed by atoms with Gasteiger partial charge in [-0.25, -0.2) is 9.97 Å². The summed E-state index contributed by atoms with van der Waals surface area (Å²) in [6.45, 7) is 7.46. The van der Waals surface area contributed by atoms with Crippen LogP contribution in [0, 0.1) is 0 Å². The summed E-state index contributed by atoms with van der Waals surface area (Å²) in [5.41, 5.74) is 3.32. The second-order valence-corrected chi connectivity index (χ2v) is 8.48. The molecular weight excluding hydrogens is 344 g/mol. The molecule has 0 bridgehead atoms. The maximum atomic E-state index is 12.9. The van der Waals surface area contributed by atoms with Crippen LogP contribution in [0.5, 0.6) is 0 Å². The molecule has 2 aromatic rings. The van der Waals surface area contributed by atoms with Crippen molar-refractivity contribution in [1.82, 2.24) is 20.2 Å². The first-order valence-corrected chi connectivity index (χ1v) is 10.1. The molecule has 138 valence electrons. The van der Waals surface area contributed by atoms with Crippen molar-refractivity contribution in [3.8, 4) is 0 Å². The standard InChI is InChI=1S/C20H26N4OS/c1-20(2,3)23-18(25)17-9-15-7-5-6-8-16(15)13-24(17)12-14-10-21-19(26-4)22-11-14/h5-8,10-11,17H,9,12-13H2,1-4H3,(H,23,25)/t17-/m0/s1. The van der Waals surface area contributed by atoms with E-state index < -0.39 is 0 Å². The highest BCUT2D eigenvalue weighted by molar-refractivity contribution is 7.98. The van der Waals surface area contributed by atoms with E-state index in [2.05, 4.69) is 38.4 Å². The zero-order valence-corrected chi connectivity index (χ0v) is 16.6. The molecule has 0 unspecified atom stereocenters. The summed E-state index contributed by atoms with van der Waals surface area (Å²) < 4.78 is 0. The van der Waals surface area contributed by atoms with Crippen molar-refractivity contribution in [2.24, 2.45) is 0 Å². The van der Waals surface area contributed by atoms with Crippen molar-refractivity contribution < 1.29 is 4.79 Å². The fourth-order valence-corrected chi connectivity index (χ4v) is 3.54. The van der Waals surface area contributed by atoms with Gasteiger partial charge in [0.05, 0.1) is 6.04 Å². The number of nitrogens with zero attached hydrogens (tertiary/aromatic N) is 3. The van der Waals surface area contributed by atoms with Crippen LogP contribution in [0.2, 0.25) is 0 Å². The Kier molecular flexibility index (Phi) is 5.63. The monoisotopic (exact) mass is 370 g/mol. The molecule has 2 heterocycles. The molecule has 3 rings (SSSR count). The lowest BCUT2D eigenvalue weighted by Crippen LogP contribution is -2.54. The van der Waals surface area contributed by atoms with Crippen molar-refractivity contribution in [3.05, 3.63) is 53.3 Å². The summed E-state index contributed by atoms with van der Waals surface area (Å²) in [5, 5.41) is 3.90. The second kappa shape index (κ2) is 7.76. The lowest BCUT2D eigenvalue weighted by Gasteiger charge is -2.37. The predicted molar refractivity (Wildman–Crippen MR) is 105 cm³/mol. The van der Waals surface area contributed by atoms with Gasteiger partial charge in [-0.1, -0.05) is 36.0 Å². The molecule has 0 saturated heterocycles. The third-order valence-electron chi connectivity index (χ3n) is 4.40. The summed E-state index contributed by atoms with van der Waals surface area (Å²) in [7, 11) is 0. The van der Waals surface area contributed by atoms with Gasteiger partial charge in [-0.05, 0) is 44.6 Å². The molecule has 0 aliphatic carbocycles. The van der Waals surface area contributed by atoms with Crippen LogP contribution < -0.4 is 5.32 Å². The first-order valence-electron chi connectivity index (χ1n) is 8.83. The van der Waals surface area contributed by atoms with Gasteiger partial charge in [0, 0.05) is 36.6 Å². The van der Waals surface area contributed by atoms with Crippen LogP contribution in [-0.2, 0) is 24.3 Å². The molecule has 1 atom stereocenters. The number of rotatable bonds is 4. The molecule has 1 aliphatic heterocycles. The van der Waals surface area contributed by atoms with Crippen molar-refractivity contribution in [2.45, 2.75) is 57.0 Å². The van der Waals surface area contributed by atoms with E-state index in [-0.39, 0.29) is 17.5 Å². The molecule has 1 aliphatic rings. The number of benzene rings is 1. The largest absolute Gasteiger partial charge is 0.350 e. The Bertz CT molecular complexity index is 770. The van der Waals surface area contributed by atoms with E-state index in [4.69, 9.17) is 0 Å². The van der Waals surface area contributed by atoms with Gasteiger partial charge in [0.1, 0.15) is 0 Å². The molecule has 1 N–H and O–H groups in total. The Morgan fingerprint density at radius 2 is 1.88 bits per heavy atom. The average molecular weight is 371 g/mol. The highest BCUT2D eigenvalue weighted by atomic mass is 32.2. The van der Waals surface area contributed by atoms with Gasteiger partial charge in [-0.3, -0.25) is 9.69 Å². The van der Waals surface area contributed by atoms with E-state index >= 15 is 0 Å². The van der Waals surface area contributed by atoms with Crippen molar-refractivity contribution >= 4 is 17.7 Å². The molecule has 0 saturated carbocycles. The van der Waals surface area contributed by atoms with Gasteiger partial charge < -0.3 is 5.32 Å². The van der Waals surface area contributed by atoms with Crippen LogP contribution in [0.15, 0.2) is 41.8 Å². The number of fused-ring (bicyclic) bond motifs is 1. The van der Waals surface area contributed by atoms with Gasteiger partial charge in [0.2, 0.25) is 5.91 Å². The maximum Gasteiger partial charge on any atom is 0.238 e. The second-order valence-electron chi connectivity index (χ2n) is 7.71. The smallest absolute Gasteiger partial charge is 0.238 e. The highest BCUT2D eigenvalue weighted by Gasteiger charge is 2.33. The van der Waals surface area contributed by atoms with E-state index in [1.807, 2.05) is 45.5 Å². The topological polar surface area (TPSA) is 58.1 Å². The van der Waals surface area contributed by atoms with E-state index in [0.29, 0.717) is 6.54 Å². The molecule has 6 heteroatoms. The first kappa shape index (κ1) is 18.9. The number of carbonyl (C=O) groups excluding carboxylic acids is 1. The highest BCUT2D eigenvalue weighted by Crippen LogP contribution is 2.25. The van der Waals surface area contributed by atoms with Crippen LogP contribution >= 0.6 is 11.8 Å². The minimum atomic E-state index is -0.247. The van der Waals surface area contributed by atoms with E-state index in [9.17, 15) is 4.79 Å². The number of hydrogen-bond acceptors (Lipinski definition) is 5. The summed E-state index contributed by atoms with van der Waals surface area (Å²) in [6, 6.07) is 8.18. The molecule has 26 heavy (non-hydrogen) atoms. The maximum absolute atomic E-state index is 12.9. The first-order chi connectivity index (χ1) is 12.4. The Labute approximate surface area is 159 Å². The summed E-state index contributed by atoms with van der Waals surface area (Å²) in [4.78, 5) is 23.9. The SMILES string of the molecule is CSc1ncc(CN2Cc3ccccc3C[C@H]2C(=O)NC(C)(C)C)cn1. The number of carbonyl (C=O) groups is 1. The molecule has 1 aromatic heterocycles. The zero-order chi connectivity index (χ0) is 18.7. The zero-order valence-electron chi connectivity index (χ0n) is 15.8. The Morgan fingerprint density at radius 1 is 1.23 bits per heavy atom. The van der Waals surface area contributed by atoms with E-state index in [1.165, 1.54) is 22.9 Å². The molecule has 1 amide bonds. The predicted octanol–water partition coefficient (Wildman–Crippen LogP) is 3.04. The third-order valence-corrected chi connectivity index (χ3v) is 4.97. The van der Waals surface area contributed by atoms with E-state index in [0.717, 1.165) is 23.7 Å². The quantitative estimate of drug-likeness (QED) is 0.662. The van der Waals surface area contributed by atoms with Crippen LogP contribution in [-0.4, -0.2) is 38.6 Å². The Morgan fingerprint density at radius 3 is 2.50 bits per heavy atom. The van der Waals surface area contributed by atoms with Crippen molar-refractivity contribution in [1.29, 1.82) is 0 Å². The normalized spacial score (nSPS) is 17.6. The van der Waals surface area contributed by atoms with Gasteiger partial charge in [0.15, 0.2) is 5.16 Å². The third kappa shape index (κ3) is 4.62. The minimum Gasteiger partial charge on any atom is -0.350 e. The minimum absolute atomic E-state index is 0.0775. The van der Waals surface area contributed by atoms with Gasteiger partial charge in [-0.2, -0.15) is 0 Å². The molecule has 0 spiro atoms. The summed E-state index contributed by atoms with van der Waals surface area (Å²) >= 11 is 1.53. The lowest BCUT2D eigenvalue weighted by molar-refractivity contribution is -0.128. The number of aromatic nitrogens is 2. The fraction of sp³-hybridized carbons (Fsp3) is 0.450. The Hall–Kier alpha value is -1.92. The van der Waals surface area contributed by atoms with Crippen molar-refractivity contribution in [2.75, 3.05) is 6.26 Å². The Balaban J connectivity index is 1.84. The number of nitrogens with one attached hydrogen (secondary N) is 1. The molecule has 0 radical (unpaired) electrons. The molecular formula is C20H26N4OS. The summed E-state index contributed by atoms with van der Waals surface area (Å²) in [6.07, 6.45) is 6.40. The lowest BCUT2D eigenvalue weighted by atomic mass is 9.92. The number of thioether (sulfide) groups is 1. The van der Waals surface area contributed by atoms with E-state index in [1.54, 1.807) is 0 Å². The van der Waals surface area contributed by atoms with Crippen LogP contribution in [0.25, 0.3) is 0 Å². The molecule has 0 fully saturated rings. The van der Waals surface area contributed by atoms with Gasteiger partial charge in [-0.15, -0.1) is 0 Å². The van der Waals surface area contributed by atoms with Gasteiger partial charge in [0.25, 0.3) is 0 Å². The molecule has 5 nitrogen and oxygen atoms in total. The number of amides is 1. The van der Waals surface area contributed by atoms with Gasteiger partial charge >= 0.3 is 0 Å². The number of hydrogen-bond donors (Lipinski definition) is 1. The van der Waals surface area contributed by atoms with Crippen molar-refractivity contribution in [3.63, 3.8) is 0 Å². The average Bonchev–Trinajstić information content (AvgIpc) is 2.60. The fourth-order valence-electron chi connectivity index (χ4n) is 3.22. The van der Waals surface area contributed by atoms with Crippen LogP contribution in [0.3, 0.4) is 0 Å².